The third kappa shape index (κ3) is 5.55. The number of ether oxygens (including phenoxy) is 1. The van der Waals surface area contributed by atoms with Crippen LogP contribution >= 0.6 is 0 Å². The van der Waals surface area contributed by atoms with Crippen molar-refractivity contribution in [2.45, 2.75) is 39.2 Å². The number of nitrogens with one attached hydrogen (secondary N) is 1. The van der Waals surface area contributed by atoms with Crippen molar-refractivity contribution < 1.29 is 14.3 Å². The zero-order valence-electron chi connectivity index (χ0n) is 12.9. The molecule has 5 nitrogen and oxygen atoms in total. The second kappa shape index (κ2) is 8.42. The van der Waals surface area contributed by atoms with Crippen molar-refractivity contribution in [3.05, 3.63) is 29.8 Å². The second-order valence-corrected chi connectivity index (χ2v) is 5.34. The maximum absolute atomic E-state index is 12.2. The van der Waals surface area contributed by atoms with E-state index in [0.29, 0.717) is 11.3 Å². The Bertz CT molecular complexity index is 486. The van der Waals surface area contributed by atoms with E-state index in [4.69, 9.17) is 10.5 Å². The average Bonchev–Trinajstić information content (AvgIpc) is 2.46. The highest BCUT2D eigenvalue weighted by atomic mass is 16.5. The topological polar surface area (TPSA) is 81.4 Å². The molecule has 0 spiro atoms. The molecule has 1 rings (SSSR count). The van der Waals surface area contributed by atoms with Crippen molar-refractivity contribution in [3.8, 4) is 0 Å². The Labute approximate surface area is 125 Å². The van der Waals surface area contributed by atoms with Gasteiger partial charge < -0.3 is 15.8 Å². The third-order valence-electron chi connectivity index (χ3n) is 3.33. The lowest BCUT2D eigenvalue weighted by atomic mass is 10.0. The number of methoxy groups -OCH3 is 1. The predicted molar refractivity (Wildman–Crippen MR) is 83.1 cm³/mol. The van der Waals surface area contributed by atoms with Gasteiger partial charge in [-0.05, 0) is 31.9 Å². The molecule has 3 N–H and O–H groups in total. The van der Waals surface area contributed by atoms with E-state index in [1.165, 1.54) is 7.11 Å². The quantitative estimate of drug-likeness (QED) is 0.757. The zero-order chi connectivity index (χ0) is 15.8. The zero-order valence-corrected chi connectivity index (χ0v) is 12.9. The molecule has 2 unspecified atom stereocenters. The van der Waals surface area contributed by atoms with Crippen molar-refractivity contribution in [1.29, 1.82) is 0 Å². The van der Waals surface area contributed by atoms with Crippen LogP contribution in [0.4, 0.5) is 5.69 Å². The van der Waals surface area contributed by atoms with Crippen LogP contribution in [0.3, 0.4) is 0 Å². The molecule has 0 saturated heterocycles. The first-order valence-corrected chi connectivity index (χ1v) is 7.19. The molecule has 116 valence electrons. The van der Waals surface area contributed by atoms with Gasteiger partial charge in [-0.2, -0.15) is 0 Å². The summed E-state index contributed by atoms with van der Waals surface area (Å²) >= 11 is 0. The van der Waals surface area contributed by atoms with Crippen molar-refractivity contribution in [2.24, 2.45) is 11.7 Å². The van der Waals surface area contributed by atoms with Gasteiger partial charge >= 0.3 is 5.97 Å². The molecular formula is C16H24N2O3. The maximum atomic E-state index is 12.2. The fraction of sp³-hybridized carbons (Fsp3) is 0.500. The van der Waals surface area contributed by atoms with Crippen LogP contribution in [0.2, 0.25) is 0 Å². The molecule has 1 aromatic carbocycles. The molecule has 0 aliphatic carbocycles. The molecular weight excluding hydrogens is 268 g/mol. The van der Waals surface area contributed by atoms with Crippen LogP contribution in [-0.4, -0.2) is 25.0 Å². The number of hydrogen-bond donors (Lipinski definition) is 2. The number of anilines is 1. The number of carbonyl (C=O) groups excluding carboxylic acids is 2. The summed E-state index contributed by atoms with van der Waals surface area (Å²) in [6.07, 6.45) is 2.58. The first-order chi connectivity index (χ1) is 9.95. The van der Waals surface area contributed by atoms with E-state index in [0.717, 1.165) is 19.3 Å². The number of carbonyl (C=O) groups is 2. The van der Waals surface area contributed by atoms with E-state index >= 15 is 0 Å². The Morgan fingerprint density at radius 3 is 2.52 bits per heavy atom. The number of benzene rings is 1. The number of rotatable bonds is 7. The van der Waals surface area contributed by atoms with Crippen molar-refractivity contribution in [3.63, 3.8) is 0 Å². The number of esters is 1. The number of amides is 1. The van der Waals surface area contributed by atoms with Gasteiger partial charge in [-0.1, -0.05) is 25.5 Å². The third-order valence-corrected chi connectivity index (χ3v) is 3.33. The molecule has 5 heteroatoms. The highest BCUT2D eigenvalue weighted by molar-refractivity contribution is 6.01. The summed E-state index contributed by atoms with van der Waals surface area (Å²) in [5.74, 6) is -0.694. The predicted octanol–water partition coefficient (Wildman–Crippen LogP) is 2.57. The fourth-order valence-corrected chi connectivity index (χ4v) is 2.01. The first kappa shape index (κ1) is 17.2. The molecule has 1 amide bonds. The molecule has 0 saturated carbocycles. The van der Waals surface area contributed by atoms with Gasteiger partial charge in [0.2, 0.25) is 5.91 Å². The highest BCUT2D eigenvalue weighted by Crippen LogP contribution is 2.18. The van der Waals surface area contributed by atoms with E-state index in [9.17, 15) is 9.59 Å². The molecule has 0 fully saturated rings. The molecule has 0 heterocycles. The Morgan fingerprint density at radius 1 is 1.24 bits per heavy atom. The molecule has 1 aromatic rings. The Balaban J connectivity index is 2.64. The van der Waals surface area contributed by atoms with Crippen LogP contribution in [0.25, 0.3) is 0 Å². The largest absolute Gasteiger partial charge is 0.465 e. The van der Waals surface area contributed by atoms with Crippen molar-refractivity contribution >= 4 is 17.6 Å². The minimum absolute atomic E-state index is 0.101. The molecule has 0 aliphatic rings. The van der Waals surface area contributed by atoms with Crippen LogP contribution < -0.4 is 11.1 Å². The molecule has 0 bridgehead atoms. The molecule has 0 aliphatic heterocycles. The normalized spacial score (nSPS) is 13.3. The van der Waals surface area contributed by atoms with E-state index in [1.807, 2.05) is 13.8 Å². The Kier molecular flexibility index (Phi) is 6.88. The standard InChI is InChI=1S/C16H24N2O3/c1-11(7-6-8-12(2)17)15(19)18-14-10-5-4-9-13(14)16(20)21-3/h4-5,9-12H,6-8,17H2,1-3H3,(H,18,19). The van der Waals surface area contributed by atoms with Gasteiger partial charge in [-0.3, -0.25) is 4.79 Å². The lowest BCUT2D eigenvalue weighted by Gasteiger charge is -2.14. The lowest BCUT2D eigenvalue weighted by Crippen LogP contribution is -2.22. The number of nitrogens with two attached hydrogens (primary N) is 1. The Hall–Kier alpha value is -1.88. The minimum atomic E-state index is -0.462. The highest BCUT2D eigenvalue weighted by Gasteiger charge is 2.17. The summed E-state index contributed by atoms with van der Waals surface area (Å²) in [5.41, 5.74) is 6.53. The van der Waals surface area contributed by atoms with Crippen LogP contribution in [0.1, 0.15) is 43.5 Å². The van der Waals surface area contributed by atoms with E-state index in [2.05, 4.69) is 5.32 Å². The van der Waals surface area contributed by atoms with Gasteiger partial charge in [-0.25, -0.2) is 4.79 Å². The average molecular weight is 292 g/mol. The molecule has 0 radical (unpaired) electrons. The van der Waals surface area contributed by atoms with E-state index < -0.39 is 5.97 Å². The SMILES string of the molecule is COC(=O)c1ccccc1NC(=O)C(C)CCCC(C)N. The fourth-order valence-electron chi connectivity index (χ4n) is 2.01. The molecule has 0 aromatic heterocycles. The van der Waals surface area contributed by atoms with Gasteiger partial charge in [0.1, 0.15) is 0 Å². The van der Waals surface area contributed by atoms with E-state index in [1.54, 1.807) is 24.3 Å². The Morgan fingerprint density at radius 2 is 1.90 bits per heavy atom. The van der Waals surface area contributed by atoms with Crippen molar-refractivity contribution in [1.82, 2.24) is 0 Å². The van der Waals surface area contributed by atoms with Gasteiger partial charge in [0.25, 0.3) is 0 Å². The smallest absolute Gasteiger partial charge is 0.339 e. The van der Waals surface area contributed by atoms with Gasteiger partial charge in [-0.15, -0.1) is 0 Å². The molecule has 21 heavy (non-hydrogen) atoms. The summed E-state index contributed by atoms with van der Waals surface area (Å²) in [5, 5.41) is 2.79. The second-order valence-electron chi connectivity index (χ2n) is 5.34. The number of hydrogen-bond acceptors (Lipinski definition) is 4. The first-order valence-electron chi connectivity index (χ1n) is 7.19. The van der Waals surface area contributed by atoms with Gasteiger partial charge in [0, 0.05) is 12.0 Å². The summed E-state index contributed by atoms with van der Waals surface area (Å²) in [6.45, 7) is 3.83. The monoisotopic (exact) mass is 292 g/mol. The maximum Gasteiger partial charge on any atom is 0.339 e. The summed E-state index contributed by atoms with van der Waals surface area (Å²) in [7, 11) is 1.32. The van der Waals surface area contributed by atoms with Crippen molar-refractivity contribution in [2.75, 3.05) is 12.4 Å². The van der Waals surface area contributed by atoms with Gasteiger partial charge in [0.05, 0.1) is 18.4 Å². The molecule has 2 atom stereocenters. The van der Waals surface area contributed by atoms with Crippen LogP contribution in [0.5, 0.6) is 0 Å². The van der Waals surface area contributed by atoms with Gasteiger partial charge in [0.15, 0.2) is 0 Å². The summed E-state index contributed by atoms with van der Waals surface area (Å²) < 4.78 is 4.71. The van der Waals surface area contributed by atoms with Crippen LogP contribution in [0, 0.1) is 5.92 Å². The summed E-state index contributed by atoms with van der Waals surface area (Å²) in [4.78, 5) is 23.8. The van der Waals surface area contributed by atoms with Crippen LogP contribution in [-0.2, 0) is 9.53 Å². The minimum Gasteiger partial charge on any atom is -0.465 e. The summed E-state index contributed by atoms with van der Waals surface area (Å²) in [6, 6.07) is 6.97. The van der Waals surface area contributed by atoms with Crippen LogP contribution in [0.15, 0.2) is 24.3 Å². The van der Waals surface area contributed by atoms with E-state index in [-0.39, 0.29) is 17.9 Å². The lowest BCUT2D eigenvalue weighted by molar-refractivity contribution is -0.119. The number of para-hydroxylation sites is 1.